The number of carbonyl (C=O) groups is 2. The quantitative estimate of drug-likeness (QED) is 0.331. The molecule has 5 N–H and O–H groups in total. The molecule has 0 bridgehead atoms. The molecule has 0 heterocycles. The number of aliphatic hydroxyl groups is 1. The number of hydrogen-bond donors (Lipinski definition) is 5. The average Bonchev–Trinajstić information content (AvgIpc) is 2.24. The van der Waals surface area contributed by atoms with Crippen LogP contribution in [0.2, 0.25) is 0 Å². The van der Waals surface area contributed by atoms with Crippen molar-refractivity contribution in [3.8, 4) is 0 Å². The molecule has 0 aliphatic heterocycles. The predicted octanol–water partition coefficient (Wildman–Crippen LogP) is -2.03. The second kappa shape index (κ2) is 7.16. The van der Waals surface area contributed by atoms with Gasteiger partial charge in [-0.3, -0.25) is 9.59 Å². The van der Waals surface area contributed by atoms with Crippen LogP contribution in [-0.2, 0) is 9.59 Å². The largest absolute Gasteiger partial charge is 0.395 e. The van der Waals surface area contributed by atoms with Gasteiger partial charge >= 0.3 is 0 Å². The van der Waals surface area contributed by atoms with Gasteiger partial charge in [0.2, 0.25) is 11.8 Å². The molecular weight excluding hydrogens is 202 g/mol. The lowest BCUT2D eigenvalue weighted by Crippen LogP contribution is -2.50. The maximum Gasteiger partial charge on any atom is 0.242 e. The number of carbonyl (C=O) groups excluding carboxylic acids is 2. The van der Waals surface area contributed by atoms with Crippen LogP contribution in [0, 0.1) is 0 Å². The highest BCUT2D eigenvalue weighted by molar-refractivity contribution is 5.89. The highest BCUT2D eigenvalue weighted by atomic mass is 16.5. The third kappa shape index (κ3) is 5.31. The minimum Gasteiger partial charge on any atom is -0.395 e. The number of nitrogens with one attached hydrogen (secondary N) is 3. The zero-order valence-electron chi connectivity index (χ0n) is 8.78. The Morgan fingerprint density at radius 3 is 2.27 bits per heavy atom. The van der Waals surface area contributed by atoms with Crippen LogP contribution in [0.5, 0.6) is 0 Å². The summed E-state index contributed by atoms with van der Waals surface area (Å²) in [5.74, 6) is -0.869. The highest BCUT2D eigenvalue weighted by Crippen LogP contribution is 1.86. The molecule has 2 amide bonds. The summed E-state index contributed by atoms with van der Waals surface area (Å²) in [6.07, 6.45) is 0. The summed E-state index contributed by atoms with van der Waals surface area (Å²) in [6, 6.07) is -1.49. The van der Waals surface area contributed by atoms with Crippen LogP contribution >= 0.6 is 0 Å². The molecule has 0 saturated heterocycles. The number of hydroxylamine groups is 1. The summed E-state index contributed by atoms with van der Waals surface area (Å²) in [4.78, 5) is 22.4. The minimum absolute atomic E-state index is 0.146. The average molecular weight is 219 g/mol. The first-order chi connectivity index (χ1) is 7.02. The molecule has 15 heavy (non-hydrogen) atoms. The van der Waals surface area contributed by atoms with Crippen LogP contribution in [0.1, 0.15) is 13.8 Å². The van der Waals surface area contributed by atoms with Crippen molar-refractivity contribution >= 4 is 11.8 Å². The maximum atomic E-state index is 11.2. The van der Waals surface area contributed by atoms with Gasteiger partial charge in [-0.1, -0.05) is 0 Å². The van der Waals surface area contributed by atoms with E-state index in [1.54, 1.807) is 5.48 Å². The van der Waals surface area contributed by atoms with Crippen LogP contribution in [0.25, 0.3) is 0 Å². The van der Waals surface area contributed by atoms with Gasteiger partial charge in [0.25, 0.3) is 0 Å². The van der Waals surface area contributed by atoms with Gasteiger partial charge in [0.15, 0.2) is 0 Å². The van der Waals surface area contributed by atoms with E-state index in [4.69, 9.17) is 10.3 Å². The van der Waals surface area contributed by atoms with E-state index in [2.05, 4.69) is 10.6 Å². The Labute approximate surface area is 87.8 Å². The van der Waals surface area contributed by atoms with Crippen molar-refractivity contribution in [1.29, 1.82) is 0 Å². The molecule has 7 nitrogen and oxygen atoms in total. The van der Waals surface area contributed by atoms with Gasteiger partial charge in [-0.2, -0.15) is 5.48 Å². The molecule has 0 aliphatic carbocycles. The fourth-order valence-electron chi connectivity index (χ4n) is 0.795. The molecule has 0 saturated carbocycles. The second-order valence-corrected chi connectivity index (χ2v) is 3.10. The van der Waals surface area contributed by atoms with Crippen molar-refractivity contribution in [3.63, 3.8) is 0 Å². The SMILES string of the molecule is CC(NO)C(=O)NC(C)C(=O)NCCO. The van der Waals surface area contributed by atoms with Gasteiger partial charge in [-0.25, -0.2) is 0 Å². The van der Waals surface area contributed by atoms with E-state index in [1.165, 1.54) is 13.8 Å². The van der Waals surface area contributed by atoms with Crippen molar-refractivity contribution in [1.82, 2.24) is 16.1 Å². The maximum absolute atomic E-state index is 11.2. The predicted molar refractivity (Wildman–Crippen MR) is 52.1 cm³/mol. The molecule has 0 aromatic heterocycles. The minimum atomic E-state index is -0.780. The lowest BCUT2D eigenvalue weighted by atomic mass is 10.2. The molecule has 0 aromatic carbocycles. The molecule has 0 radical (unpaired) electrons. The third-order valence-electron chi connectivity index (χ3n) is 1.75. The topological polar surface area (TPSA) is 111 Å². The molecule has 0 fully saturated rings. The van der Waals surface area contributed by atoms with E-state index in [1.807, 2.05) is 0 Å². The summed E-state index contributed by atoms with van der Waals surface area (Å²) in [6.45, 7) is 2.95. The molecule has 2 unspecified atom stereocenters. The van der Waals surface area contributed by atoms with Crippen LogP contribution in [-0.4, -0.2) is 47.4 Å². The number of rotatable bonds is 6. The first kappa shape index (κ1) is 13.8. The molecule has 0 aromatic rings. The van der Waals surface area contributed by atoms with E-state index < -0.39 is 18.0 Å². The Balaban J connectivity index is 3.95. The second-order valence-electron chi connectivity index (χ2n) is 3.10. The number of amides is 2. The molecular formula is C8H17N3O4. The van der Waals surface area contributed by atoms with Crippen LogP contribution in [0.15, 0.2) is 0 Å². The van der Waals surface area contributed by atoms with Crippen molar-refractivity contribution in [2.24, 2.45) is 0 Å². The van der Waals surface area contributed by atoms with Gasteiger partial charge in [0.05, 0.1) is 6.61 Å². The lowest BCUT2D eigenvalue weighted by Gasteiger charge is -2.16. The Hall–Kier alpha value is -1.18. The lowest BCUT2D eigenvalue weighted by molar-refractivity contribution is -0.130. The Kier molecular flexibility index (Phi) is 6.59. The highest BCUT2D eigenvalue weighted by Gasteiger charge is 2.18. The first-order valence-electron chi connectivity index (χ1n) is 4.61. The molecule has 7 heteroatoms. The van der Waals surface area contributed by atoms with Gasteiger partial charge in [-0.15, -0.1) is 0 Å². The molecule has 0 aliphatic rings. The smallest absolute Gasteiger partial charge is 0.242 e. The van der Waals surface area contributed by atoms with Crippen LogP contribution in [0.4, 0.5) is 0 Å². The van der Waals surface area contributed by atoms with Gasteiger partial charge in [0, 0.05) is 6.54 Å². The van der Waals surface area contributed by atoms with Crippen LogP contribution < -0.4 is 16.1 Å². The summed E-state index contributed by atoms with van der Waals surface area (Å²) in [5.41, 5.74) is 1.77. The van der Waals surface area contributed by atoms with Crippen molar-refractivity contribution in [3.05, 3.63) is 0 Å². The fraction of sp³-hybridized carbons (Fsp3) is 0.750. The van der Waals surface area contributed by atoms with E-state index in [0.29, 0.717) is 0 Å². The summed E-state index contributed by atoms with van der Waals surface area (Å²) >= 11 is 0. The van der Waals surface area contributed by atoms with Crippen molar-refractivity contribution in [2.45, 2.75) is 25.9 Å². The number of hydrogen-bond acceptors (Lipinski definition) is 5. The molecule has 2 atom stereocenters. The first-order valence-corrected chi connectivity index (χ1v) is 4.61. The van der Waals surface area contributed by atoms with Crippen molar-refractivity contribution < 1.29 is 19.9 Å². The van der Waals surface area contributed by atoms with Crippen LogP contribution in [0.3, 0.4) is 0 Å². The third-order valence-corrected chi connectivity index (χ3v) is 1.75. The Bertz CT molecular complexity index is 222. The summed E-state index contributed by atoms with van der Waals surface area (Å²) in [5, 5.41) is 21.7. The van der Waals surface area contributed by atoms with E-state index in [0.717, 1.165) is 0 Å². The number of aliphatic hydroxyl groups excluding tert-OH is 1. The fourth-order valence-corrected chi connectivity index (χ4v) is 0.795. The van der Waals surface area contributed by atoms with Gasteiger partial charge in [0.1, 0.15) is 12.1 Å². The summed E-state index contributed by atoms with van der Waals surface area (Å²) in [7, 11) is 0. The van der Waals surface area contributed by atoms with E-state index >= 15 is 0 Å². The van der Waals surface area contributed by atoms with E-state index in [-0.39, 0.29) is 19.1 Å². The zero-order valence-corrected chi connectivity index (χ0v) is 8.78. The normalized spacial score (nSPS) is 14.1. The van der Waals surface area contributed by atoms with Gasteiger partial charge < -0.3 is 20.9 Å². The Morgan fingerprint density at radius 2 is 1.80 bits per heavy atom. The molecule has 0 spiro atoms. The molecule has 88 valence electrons. The van der Waals surface area contributed by atoms with Gasteiger partial charge in [-0.05, 0) is 13.8 Å². The monoisotopic (exact) mass is 219 g/mol. The molecule has 0 rings (SSSR count). The summed E-state index contributed by atoms with van der Waals surface area (Å²) < 4.78 is 0. The zero-order chi connectivity index (χ0) is 11.8. The standard InChI is InChI=1S/C8H17N3O4/c1-5(7(13)9-3-4-12)10-8(14)6(2)11-15/h5-6,11-12,15H,3-4H2,1-2H3,(H,9,13)(H,10,14). The van der Waals surface area contributed by atoms with Crippen molar-refractivity contribution in [2.75, 3.05) is 13.2 Å². The Morgan fingerprint density at radius 1 is 1.20 bits per heavy atom. The van der Waals surface area contributed by atoms with E-state index in [9.17, 15) is 9.59 Å².